The second-order valence-electron chi connectivity index (χ2n) is 3.26. The van der Waals surface area contributed by atoms with E-state index in [1.165, 1.54) is 18.2 Å². The lowest BCUT2D eigenvalue weighted by Gasteiger charge is -2.11. The van der Waals surface area contributed by atoms with Gasteiger partial charge >= 0.3 is 11.9 Å². The highest BCUT2D eigenvalue weighted by atomic mass is 35.5. The minimum absolute atomic E-state index is 0. The van der Waals surface area contributed by atoms with E-state index in [0.717, 1.165) is 0 Å². The molecule has 1 aromatic rings. The van der Waals surface area contributed by atoms with E-state index in [0.29, 0.717) is 5.56 Å². The van der Waals surface area contributed by atoms with Crippen molar-refractivity contribution >= 4 is 36.8 Å². The Bertz CT molecular complexity index is 440. The molecule has 18 heavy (non-hydrogen) atoms. The summed E-state index contributed by atoms with van der Waals surface area (Å²) in [5.74, 6) is -2.59. The topological polar surface area (TPSA) is 127 Å². The van der Waals surface area contributed by atoms with E-state index in [1.54, 1.807) is 0 Å². The largest absolute Gasteiger partial charge is 0.478 e. The van der Waals surface area contributed by atoms with Gasteiger partial charge in [-0.25, -0.2) is 9.59 Å². The van der Waals surface area contributed by atoms with Gasteiger partial charge in [0.25, 0.3) is 0 Å². The van der Waals surface area contributed by atoms with Gasteiger partial charge in [0, 0.05) is 12.6 Å². The molecule has 0 aliphatic heterocycles. The minimum atomic E-state index is -1.30. The summed E-state index contributed by atoms with van der Waals surface area (Å²) in [5, 5.41) is 17.6. The number of hydrogen-bond donors (Lipinski definition) is 4. The highest BCUT2D eigenvalue weighted by Crippen LogP contribution is 2.16. The van der Waals surface area contributed by atoms with Crippen LogP contribution in [0.4, 0.5) is 0 Å². The van der Waals surface area contributed by atoms with E-state index in [1.807, 2.05) is 0 Å². The normalized spacial score (nSPS) is 10.8. The number of halogens is 2. The van der Waals surface area contributed by atoms with Crippen LogP contribution in [0.1, 0.15) is 32.3 Å². The molecule has 0 aliphatic rings. The van der Waals surface area contributed by atoms with Crippen molar-refractivity contribution in [2.75, 3.05) is 6.54 Å². The van der Waals surface area contributed by atoms with Gasteiger partial charge in [-0.3, -0.25) is 0 Å². The van der Waals surface area contributed by atoms with Crippen LogP contribution in [0.15, 0.2) is 18.2 Å². The van der Waals surface area contributed by atoms with Crippen LogP contribution < -0.4 is 11.5 Å². The zero-order chi connectivity index (χ0) is 12.3. The first kappa shape index (κ1) is 19.0. The number of carboxylic acids is 2. The van der Waals surface area contributed by atoms with Crippen molar-refractivity contribution in [3.05, 3.63) is 34.9 Å². The molecule has 6 N–H and O–H groups in total. The lowest BCUT2D eigenvalue weighted by Crippen LogP contribution is -2.21. The van der Waals surface area contributed by atoms with Crippen molar-refractivity contribution in [1.29, 1.82) is 0 Å². The SMILES string of the molecule is Cl.Cl.NCC(N)c1ccc(C(=O)O)c(C(=O)O)c1. The molecule has 8 heteroatoms. The molecule has 0 radical (unpaired) electrons. The Morgan fingerprint density at radius 3 is 2.00 bits per heavy atom. The monoisotopic (exact) mass is 296 g/mol. The van der Waals surface area contributed by atoms with E-state index >= 15 is 0 Å². The van der Waals surface area contributed by atoms with Crippen LogP contribution in [0.25, 0.3) is 0 Å². The highest BCUT2D eigenvalue weighted by molar-refractivity contribution is 6.01. The predicted molar refractivity (Wildman–Crippen MR) is 70.8 cm³/mol. The van der Waals surface area contributed by atoms with Crippen LogP contribution in [-0.2, 0) is 0 Å². The predicted octanol–water partition coefficient (Wildman–Crippen LogP) is 0.885. The molecule has 1 aromatic carbocycles. The zero-order valence-electron chi connectivity index (χ0n) is 9.20. The standard InChI is InChI=1S/C10H12N2O4.2ClH/c11-4-8(12)5-1-2-6(9(13)14)7(3-5)10(15)16;;/h1-3,8H,4,11-12H2,(H,13,14)(H,15,16);2*1H. The van der Waals surface area contributed by atoms with Gasteiger partial charge in [-0.1, -0.05) is 6.07 Å². The van der Waals surface area contributed by atoms with Crippen LogP contribution in [0.2, 0.25) is 0 Å². The summed E-state index contributed by atoms with van der Waals surface area (Å²) in [7, 11) is 0. The van der Waals surface area contributed by atoms with Crippen LogP contribution in [0.5, 0.6) is 0 Å². The minimum Gasteiger partial charge on any atom is -0.478 e. The number of nitrogens with two attached hydrogens (primary N) is 2. The van der Waals surface area contributed by atoms with Crippen molar-refractivity contribution in [2.24, 2.45) is 11.5 Å². The number of benzene rings is 1. The van der Waals surface area contributed by atoms with E-state index in [4.69, 9.17) is 21.7 Å². The molecule has 0 spiro atoms. The van der Waals surface area contributed by atoms with Crippen molar-refractivity contribution in [1.82, 2.24) is 0 Å². The molecule has 1 unspecified atom stereocenters. The Hall–Kier alpha value is -1.34. The summed E-state index contributed by atoms with van der Waals surface area (Å²) in [6.07, 6.45) is 0. The van der Waals surface area contributed by atoms with Crippen molar-refractivity contribution in [3.63, 3.8) is 0 Å². The molecule has 6 nitrogen and oxygen atoms in total. The third-order valence-electron chi connectivity index (χ3n) is 2.19. The molecule has 0 saturated heterocycles. The number of hydrogen-bond acceptors (Lipinski definition) is 4. The lowest BCUT2D eigenvalue weighted by molar-refractivity contribution is 0.0651. The number of aromatic carboxylic acids is 2. The van der Waals surface area contributed by atoms with Gasteiger partial charge in [0.2, 0.25) is 0 Å². The molecule has 0 amide bonds. The summed E-state index contributed by atoms with van der Waals surface area (Å²) in [6.45, 7) is 0.158. The molecular formula is C10H14Cl2N2O4. The van der Waals surface area contributed by atoms with E-state index in [2.05, 4.69) is 0 Å². The Morgan fingerprint density at radius 2 is 1.61 bits per heavy atom. The lowest BCUT2D eigenvalue weighted by atomic mass is 10.00. The van der Waals surface area contributed by atoms with Crippen molar-refractivity contribution in [3.8, 4) is 0 Å². The molecular weight excluding hydrogens is 283 g/mol. The summed E-state index contributed by atoms with van der Waals surface area (Å²) in [4.78, 5) is 21.6. The summed E-state index contributed by atoms with van der Waals surface area (Å²) in [6, 6.07) is 3.42. The van der Waals surface area contributed by atoms with Gasteiger partial charge in [0.15, 0.2) is 0 Å². The summed E-state index contributed by atoms with van der Waals surface area (Å²) >= 11 is 0. The van der Waals surface area contributed by atoms with Gasteiger partial charge in [-0.15, -0.1) is 24.8 Å². The van der Waals surface area contributed by atoms with Gasteiger partial charge in [0.1, 0.15) is 0 Å². The maximum absolute atomic E-state index is 10.9. The van der Waals surface area contributed by atoms with Gasteiger partial charge < -0.3 is 21.7 Å². The van der Waals surface area contributed by atoms with E-state index in [-0.39, 0.29) is 42.5 Å². The van der Waals surface area contributed by atoms with E-state index < -0.39 is 18.0 Å². The fraction of sp³-hybridized carbons (Fsp3) is 0.200. The maximum atomic E-state index is 10.9. The summed E-state index contributed by atoms with van der Waals surface area (Å²) in [5.41, 5.74) is 10.9. The Balaban J connectivity index is 0. The molecule has 0 bridgehead atoms. The van der Waals surface area contributed by atoms with Gasteiger partial charge in [-0.05, 0) is 17.7 Å². The Labute approximate surface area is 116 Å². The fourth-order valence-electron chi connectivity index (χ4n) is 1.29. The first-order valence-corrected chi connectivity index (χ1v) is 4.53. The number of carbonyl (C=O) groups is 2. The van der Waals surface area contributed by atoms with Crippen LogP contribution in [0.3, 0.4) is 0 Å². The average molecular weight is 297 g/mol. The van der Waals surface area contributed by atoms with Crippen LogP contribution in [0, 0.1) is 0 Å². The van der Waals surface area contributed by atoms with E-state index in [9.17, 15) is 9.59 Å². The number of rotatable bonds is 4. The Morgan fingerprint density at radius 1 is 1.11 bits per heavy atom. The molecule has 1 atom stereocenters. The molecule has 0 heterocycles. The quantitative estimate of drug-likeness (QED) is 0.653. The number of carboxylic acid groups (broad SMARTS) is 2. The van der Waals surface area contributed by atoms with Crippen LogP contribution in [-0.4, -0.2) is 28.7 Å². The Kier molecular flexibility index (Phi) is 8.33. The average Bonchev–Trinajstić information content (AvgIpc) is 2.26. The molecule has 0 fully saturated rings. The third kappa shape index (κ3) is 4.15. The molecule has 102 valence electrons. The van der Waals surface area contributed by atoms with Crippen molar-refractivity contribution < 1.29 is 19.8 Å². The third-order valence-corrected chi connectivity index (χ3v) is 2.19. The molecule has 0 aliphatic carbocycles. The zero-order valence-corrected chi connectivity index (χ0v) is 10.8. The second-order valence-corrected chi connectivity index (χ2v) is 3.26. The first-order chi connectivity index (χ1) is 7.47. The molecule has 1 rings (SSSR count). The molecule has 0 saturated carbocycles. The fourth-order valence-corrected chi connectivity index (χ4v) is 1.29. The van der Waals surface area contributed by atoms with Gasteiger partial charge in [0.05, 0.1) is 11.1 Å². The van der Waals surface area contributed by atoms with Crippen LogP contribution >= 0.6 is 24.8 Å². The van der Waals surface area contributed by atoms with Gasteiger partial charge in [-0.2, -0.15) is 0 Å². The maximum Gasteiger partial charge on any atom is 0.336 e. The molecule has 0 aromatic heterocycles. The van der Waals surface area contributed by atoms with Crippen molar-refractivity contribution in [2.45, 2.75) is 6.04 Å². The smallest absolute Gasteiger partial charge is 0.336 e. The highest BCUT2D eigenvalue weighted by Gasteiger charge is 2.17. The first-order valence-electron chi connectivity index (χ1n) is 4.53. The summed E-state index contributed by atoms with van der Waals surface area (Å²) < 4.78 is 0. The second kappa shape index (κ2) is 7.88.